The lowest BCUT2D eigenvalue weighted by Crippen LogP contribution is -2.20. The van der Waals surface area contributed by atoms with E-state index in [0.29, 0.717) is 11.8 Å². The summed E-state index contributed by atoms with van der Waals surface area (Å²) in [5, 5.41) is 0. The number of aryl methyl sites for hydroxylation is 1. The van der Waals surface area contributed by atoms with Crippen LogP contribution in [0.1, 0.15) is 63.0 Å². The fourth-order valence-electron chi connectivity index (χ4n) is 2.96. The van der Waals surface area contributed by atoms with Gasteiger partial charge in [-0.1, -0.05) is 38.1 Å². The van der Waals surface area contributed by atoms with Gasteiger partial charge in [0.25, 0.3) is 0 Å². The van der Waals surface area contributed by atoms with Crippen molar-refractivity contribution in [1.29, 1.82) is 0 Å². The molecule has 1 fully saturated rings. The Balaban J connectivity index is 2.02. The van der Waals surface area contributed by atoms with Gasteiger partial charge in [0.05, 0.1) is 0 Å². The summed E-state index contributed by atoms with van der Waals surface area (Å²) in [6, 6.07) is 8.86. The highest BCUT2D eigenvalue weighted by Gasteiger charge is 2.27. The third kappa shape index (κ3) is 3.44. The number of rotatable bonds is 4. The largest absolute Gasteiger partial charge is 0.303 e. The van der Waals surface area contributed by atoms with Crippen molar-refractivity contribution in [3.63, 3.8) is 0 Å². The van der Waals surface area contributed by atoms with Crippen LogP contribution in [0, 0.1) is 5.41 Å². The van der Waals surface area contributed by atoms with Gasteiger partial charge in [-0.05, 0) is 54.6 Å². The van der Waals surface area contributed by atoms with Gasteiger partial charge in [0, 0.05) is 6.42 Å². The molecule has 1 aromatic carbocycles. The zero-order valence-electron chi connectivity index (χ0n) is 11.6. The van der Waals surface area contributed by atoms with Gasteiger partial charge < -0.3 is 4.79 Å². The predicted octanol–water partition coefficient (Wildman–Crippen LogP) is 4.50. The summed E-state index contributed by atoms with van der Waals surface area (Å²) in [7, 11) is 0. The Morgan fingerprint density at radius 2 is 2.00 bits per heavy atom. The highest BCUT2D eigenvalue weighted by molar-refractivity contribution is 5.50. The minimum absolute atomic E-state index is 0.533. The van der Waals surface area contributed by atoms with Gasteiger partial charge in [-0.3, -0.25) is 0 Å². The van der Waals surface area contributed by atoms with Crippen LogP contribution in [0.2, 0.25) is 0 Å². The molecular weight excluding hydrogens is 220 g/mol. The molecule has 98 valence electrons. The molecule has 0 bridgehead atoms. The van der Waals surface area contributed by atoms with E-state index in [1.54, 1.807) is 0 Å². The molecule has 0 unspecified atom stereocenters. The summed E-state index contributed by atoms with van der Waals surface area (Å²) in [5.74, 6) is 0.731. The third-order valence-corrected chi connectivity index (χ3v) is 4.31. The summed E-state index contributed by atoms with van der Waals surface area (Å²) < 4.78 is 0. The van der Waals surface area contributed by atoms with Crippen LogP contribution in [0.3, 0.4) is 0 Å². The number of benzene rings is 1. The minimum atomic E-state index is 0.533. The van der Waals surface area contributed by atoms with Crippen molar-refractivity contribution in [3.8, 4) is 0 Å². The lowest BCUT2D eigenvalue weighted by atomic mass is 9.71. The Morgan fingerprint density at radius 1 is 1.28 bits per heavy atom. The van der Waals surface area contributed by atoms with E-state index in [1.165, 1.54) is 36.8 Å². The van der Waals surface area contributed by atoms with Gasteiger partial charge in [-0.25, -0.2) is 0 Å². The van der Waals surface area contributed by atoms with E-state index >= 15 is 0 Å². The molecule has 0 spiro atoms. The summed E-state index contributed by atoms with van der Waals surface area (Å²) >= 11 is 0. The van der Waals surface area contributed by atoms with Gasteiger partial charge in [0.1, 0.15) is 6.29 Å². The van der Waals surface area contributed by atoms with E-state index < -0.39 is 0 Å². The maximum absolute atomic E-state index is 10.4. The number of aldehydes is 1. The Kier molecular flexibility index (Phi) is 4.21. The van der Waals surface area contributed by atoms with Gasteiger partial charge in [0.2, 0.25) is 0 Å². The Hall–Kier alpha value is -1.11. The zero-order chi connectivity index (χ0) is 13.0. The second-order valence-electron chi connectivity index (χ2n) is 6.39. The van der Waals surface area contributed by atoms with Crippen molar-refractivity contribution in [3.05, 3.63) is 35.4 Å². The summed E-state index contributed by atoms with van der Waals surface area (Å²) in [4.78, 5) is 10.4. The Morgan fingerprint density at radius 3 is 2.67 bits per heavy atom. The first kappa shape index (κ1) is 13.3. The molecule has 1 heteroatoms. The van der Waals surface area contributed by atoms with Crippen molar-refractivity contribution in [2.75, 3.05) is 0 Å². The van der Waals surface area contributed by atoms with Crippen LogP contribution in [-0.4, -0.2) is 6.29 Å². The van der Waals surface area contributed by atoms with Crippen LogP contribution in [0.5, 0.6) is 0 Å². The van der Waals surface area contributed by atoms with Crippen molar-refractivity contribution in [1.82, 2.24) is 0 Å². The predicted molar refractivity (Wildman–Crippen MR) is 75.8 cm³/mol. The maximum Gasteiger partial charge on any atom is 0.120 e. The summed E-state index contributed by atoms with van der Waals surface area (Å²) in [6.07, 6.45) is 7.81. The van der Waals surface area contributed by atoms with Crippen LogP contribution in [0.4, 0.5) is 0 Å². The Labute approximate surface area is 111 Å². The van der Waals surface area contributed by atoms with Gasteiger partial charge in [0.15, 0.2) is 0 Å². The average molecular weight is 244 g/mol. The highest BCUT2D eigenvalue weighted by Crippen LogP contribution is 2.42. The molecule has 0 heterocycles. The molecule has 0 amide bonds. The fourth-order valence-corrected chi connectivity index (χ4v) is 2.96. The second-order valence-corrected chi connectivity index (χ2v) is 6.39. The molecular formula is C17H24O. The van der Waals surface area contributed by atoms with Crippen LogP contribution in [0.15, 0.2) is 24.3 Å². The first-order valence-corrected chi connectivity index (χ1v) is 7.13. The molecule has 1 nitrogen and oxygen atoms in total. The van der Waals surface area contributed by atoms with E-state index in [1.807, 2.05) is 0 Å². The van der Waals surface area contributed by atoms with Crippen LogP contribution in [0.25, 0.3) is 0 Å². The lowest BCUT2D eigenvalue weighted by Gasteiger charge is -2.34. The van der Waals surface area contributed by atoms with Gasteiger partial charge in [-0.2, -0.15) is 0 Å². The molecule has 0 atom stereocenters. The topological polar surface area (TPSA) is 17.1 Å². The highest BCUT2D eigenvalue weighted by atomic mass is 16.1. The Bertz CT molecular complexity index is 396. The first-order chi connectivity index (χ1) is 8.61. The number of carbonyl (C=O) groups excluding carboxylic acids is 1. The number of carbonyl (C=O) groups is 1. The van der Waals surface area contributed by atoms with Gasteiger partial charge >= 0.3 is 0 Å². The standard InChI is InChI=1S/C17H24O/c1-17(2)10-8-15(9-11-17)16-7-3-5-14(13-16)6-4-12-18/h3,5,7,12-13,15H,4,6,8-11H2,1-2H3. The van der Waals surface area contributed by atoms with E-state index in [0.717, 1.165) is 18.6 Å². The fraction of sp³-hybridized carbons (Fsp3) is 0.588. The van der Waals surface area contributed by atoms with Crippen molar-refractivity contribution < 1.29 is 4.79 Å². The monoisotopic (exact) mass is 244 g/mol. The molecule has 1 aromatic rings. The molecule has 1 aliphatic rings. The van der Waals surface area contributed by atoms with Crippen LogP contribution < -0.4 is 0 Å². The number of hydrogen-bond acceptors (Lipinski definition) is 1. The molecule has 0 saturated heterocycles. The summed E-state index contributed by atoms with van der Waals surface area (Å²) in [5.41, 5.74) is 3.32. The van der Waals surface area contributed by atoms with E-state index in [2.05, 4.69) is 38.1 Å². The van der Waals surface area contributed by atoms with Crippen LogP contribution in [-0.2, 0) is 11.2 Å². The molecule has 0 aromatic heterocycles. The second kappa shape index (κ2) is 5.69. The minimum Gasteiger partial charge on any atom is -0.303 e. The maximum atomic E-state index is 10.4. The van der Waals surface area contributed by atoms with Crippen LogP contribution >= 0.6 is 0 Å². The average Bonchev–Trinajstić information content (AvgIpc) is 2.37. The third-order valence-electron chi connectivity index (χ3n) is 4.31. The number of hydrogen-bond donors (Lipinski definition) is 0. The van der Waals surface area contributed by atoms with E-state index in [-0.39, 0.29) is 0 Å². The molecule has 0 radical (unpaired) electrons. The molecule has 1 aliphatic carbocycles. The molecule has 2 rings (SSSR count). The molecule has 0 N–H and O–H groups in total. The normalized spacial score (nSPS) is 19.7. The van der Waals surface area contributed by atoms with Crippen molar-refractivity contribution in [2.45, 2.75) is 58.3 Å². The summed E-state index contributed by atoms with van der Waals surface area (Å²) in [6.45, 7) is 4.76. The quantitative estimate of drug-likeness (QED) is 0.713. The molecule has 0 aliphatic heterocycles. The van der Waals surface area contributed by atoms with E-state index in [9.17, 15) is 4.79 Å². The van der Waals surface area contributed by atoms with E-state index in [4.69, 9.17) is 0 Å². The first-order valence-electron chi connectivity index (χ1n) is 7.13. The smallest absolute Gasteiger partial charge is 0.120 e. The molecule has 1 saturated carbocycles. The van der Waals surface area contributed by atoms with Gasteiger partial charge in [-0.15, -0.1) is 0 Å². The van der Waals surface area contributed by atoms with Crippen molar-refractivity contribution >= 4 is 6.29 Å². The van der Waals surface area contributed by atoms with Crippen molar-refractivity contribution in [2.24, 2.45) is 5.41 Å². The lowest BCUT2D eigenvalue weighted by molar-refractivity contribution is -0.107. The SMILES string of the molecule is CC1(C)CCC(c2cccc(CCC=O)c2)CC1. The zero-order valence-corrected chi connectivity index (χ0v) is 11.6. The molecule has 18 heavy (non-hydrogen) atoms.